The summed E-state index contributed by atoms with van der Waals surface area (Å²) in [5.41, 5.74) is 0.206. The second-order valence-corrected chi connectivity index (χ2v) is 9.25. The highest BCUT2D eigenvalue weighted by Crippen LogP contribution is 2.42. The molecule has 0 unspecified atom stereocenters. The van der Waals surface area contributed by atoms with E-state index in [1.54, 1.807) is 0 Å². The van der Waals surface area contributed by atoms with Gasteiger partial charge < -0.3 is 4.90 Å². The fourth-order valence-corrected chi connectivity index (χ4v) is 5.17. The zero-order valence-electron chi connectivity index (χ0n) is 13.0. The van der Waals surface area contributed by atoms with Crippen molar-refractivity contribution in [1.29, 1.82) is 0 Å². The molecule has 6 nitrogen and oxygen atoms in total. The summed E-state index contributed by atoms with van der Waals surface area (Å²) >= 11 is 1.34. The SMILES string of the molecule is CS(=O)(=O)NC(=O)c1cc(F)c2nc(N3C[C@H]4CC[C@H]3C4)sc2c1. The maximum Gasteiger partial charge on any atom is 0.264 e. The molecule has 128 valence electrons. The molecule has 2 bridgehead atoms. The average Bonchev–Trinajstić information content (AvgIpc) is 3.19. The number of hydrogen-bond acceptors (Lipinski definition) is 6. The Bertz CT molecular complexity index is 941. The largest absolute Gasteiger partial charge is 0.345 e. The van der Waals surface area contributed by atoms with E-state index >= 15 is 0 Å². The molecular weight excluding hydrogens is 353 g/mol. The summed E-state index contributed by atoms with van der Waals surface area (Å²) in [6, 6.07) is 3.00. The van der Waals surface area contributed by atoms with Gasteiger partial charge in [0.15, 0.2) is 10.9 Å². The Hall–Kier alpha value is -1.74. The quantitative estimate of drug-likeness (QED) is 0.896. The summed E-state index contributed by atoms with van der Waals surface area (Å²) in [7, 11) is -3.69. The van der Waals surface area contributed by atoms with Crippen molar-refractivity contribution in [2.24, 2.45) is 5.92 Å². The number of hydrogen-bond donors (Lipinski definition) is 1. The average molecular weight is 369 g/mol. The fraction of sp³-hybridized carbons (Fsp3) is 0.467. The molecule has 1 aliphatic carbocycles. The summed E-state index contributed by atoms with van der Waals surface area (Å²) in [5.74, 6) is -0.755. The van der Waals surface area contributed by atoms with Gasteiger partial charge >= 0.3 is 0 Å². The molecule has 2 atom stereocenters. The van der Waals surface area contributed by atoms with E-state index < -0.39 is 21.7 Å². The van der Waals surface area contributed by atoms with Crippen molar-refractivity contribution in [3.8, 4) is 0 Å². The number of fused-ring (bicyclic) bond motifs is 3. The third-order valence-corrected chi connectivity index (χ3v) is 6.23. The van der Waals surface area contributed by atoms with Crippen LogP contribution in [0.4, 0.5) is 9.52 Å². The van der Waals surface area contributed by atoms with Crippen molar-refractivity contribution >= 4 is 42.6 Å². The highest BCUT2D eigenvalue weighted by Gasteiger charge is 2.39. The van der Waals surface area contributed by atoms with Crippen molar-refractivity contribution in [2.75, 3.05) is 17.7 Å². The van der Waals surface area contributed by atoms with Crippen LogP contribution in [0.25, 0.3) is 10.2 Å². The van der Waals surface area contributed by atoms with E-state index in [2.05, 4.69) is 9.88 Å². The maximum atomic E-state index is 14.3. The molecule has 24 heavy (non-hydrogen) atoms. The van der Waals surface area contributed by atoms with Crippen LogP contribution in [-0.4, -0.2) is 38.2 Å². The van der Waals surface area contributed by atoms with Crippen molar-refractivity contribution in [2.45, 2.75) is 25.3 Å². The van der Waals surface area contributed by atoms with Crippen LogP contribution in [0.3, 0.4) is 0 Å². The number of amides is 1. The molecule has 2 heterocycles. The molecule has 2 aliphatic rings. The van der Waals surface area contributed by atoms with Gasteiger partial charge in [-0.05, 0) is 37.3 Å². The molecule has 2 fully saturated rings. The minimum Gasteiger partial charge on any atom is -0.345 e. The number of sulfonamides is 1. The van der Waals surface area contributed by atoms with Crippen LogP contribution in [0.15, 0.2) is 12.1 Å². The molecule has 1 aromatic carbocycles. The molecule has 2 aromatic rings. The molecule has 9 heteroatoms. The molecule has 1 aromatic heterocycles. The van der Waals surface area contributed by atoms with Gasteiger partial charge in [-0.25, -0.2) is 22.5 Å². The van der Waals surface area contributed by atoms with Crippen molar-refractivity contribution in [1.82, 2.24) is 9.71 Å². The second kappa shape index (κ2) is 5.38. The van der Waals surface area contributed by atoms with Gasteiger partial charge in [-0.15, -0.1) is 0 Å². The normalized spacial score (nSPS) is 23.2. The molecule has 0 spiro atoms. The van der Waals surface area contributed by atoms with E-state index in [4.69, 9.17) is 0 Å². The minimum absolute atomic E-state index is 0.0245. The zero-order valence-corrected chi connectivity index (χ0v) is 14.6. The number of nitrogens with one attached hydrogen (secondary N) is 1. The number of rotatable bonds is 3. The van der Waals surface area contributed by atoms with Gasteiger partial charge in [-0.2, -0.15) is 0 Å². The Morgan fingerprint density at radius 3 is 2.83 bits per heavy atom. The molecule has 4 rings (SSSR count). The van der Waals surface area contributed by atoms with Crippen LogP contribution in [0.1, 0.15) is 29.6 Å². The lowest BCUT2D eigenvalue weighted by molar-refractivity contribution is 0.0981. The van der Waals surface area contributed by atoms with Crippen LogP contribution in [0, 0.1) is 11.7 Å². The van der Waals surface area contributed by atoms with Gasteiger partial charge in [0.1, 0.15) is 5.52 Å². The summed E-state index contributed by atoms with van der Waals surface area (Å²) < 4.78 is 39.1. The van der Waals surface area contributed by atoms with Crippen molar-refractivity contribution < 1.29 is 17.6 Å². The third kappa shape index (κ3) is 2.75. The molecule has 0 radical (unpaired) electrons. The van der Waals surface area contributed by atoms with Crippen molar-refractivity contribution in [3.63, 3.8) is 0 Å². The Labute approximate surface area is 142 Å². The Kier molecular flexibility index (Phi) is 3.54. The molecule has 1 N–H and O–H groups in total. The van der Waals surface area contributed by atoms with E-state index in [0.717, 1.165) is 30.4 Å². The fourth-order valence-electron chi connectivity index (χ4n) is 3.62. The summed E-state index contributed by atoms with van der Waals surface area (Å²) in [6.45, 7) is 0.952. The number of carbonyl (C=O) groups excluding carboxylic acids is 1. The first kappa shape index (κ1) is 15.8. The monoisotopic (exact) mass is 369 g/mol. The number of piperidine rings is 1. The molecule has 1 aliphatic heterocycles. The predicted molar refractivity (Wildman–Crippen MR) is 90.4 cm³/mol. The lowest BCUT2D eigenvalue weighted by Gasteiger charge is -2.26. The van der Waals surface area contributed by atoms with Crippen LogP contribution in [0.5, 0.6) is 0 Å². The van der Waals surface area contributed by atoms with E-state index in [1.165, 1.54) is 30.2 Å². The van der Waals surface area contributed by atoms with Gasteiger partial charge in [0, 0.05) is 18.2 Å². The lowest BCUT2D eigenvalue weighted by atomic mass is 10.1. The third-order valence-electron chi connectivity index (χ3n) is 4.63. The highest BCUT2D eigenvalue weighted by atomic mass is 32.2. The first-order valence-corrected chi connectivity index (χ1v) is 10.4. The summed E-state index contributed by atoms with van der Waals surface area (Å²) in [4.78, 5) is 18.6. The smallest absolute Gasteiger partial charge is 0.264 e. The van der Waals surface area contributed by atoms with Gasteiger partial charge in [0.25, 0.3) is 5.91 Å². The Morgan fingerprint density at radius 2 is 2.21 bits per heavy atom. The second-order valence-electron chi connectivity index (χ2n) is 6.49. The number of aromatic nitrogens is 1. The number of halogens is 1. The molecule has 1 amide bonds. The number of nitrogens with zero attached hydrogens (tertiary/aromatic N) is 2. The van der Waals surface area contributed by atoms with Crippen LogP contribution in [-0.2, 0) is 10.0 Å². The minimum atomic E-state index is -3.69. The highest BCUT2D eigenvalue weighted by molar-refractivity contribution is 7.89. The van der Waals surface area contributed by atoms with Crippen molar-refractivity contribution in [3.05, 3.63) is 23.5 Å². The molecule has 1 saturated carbocycles. The first-order chi connectivity index (χ1) is 11.3. The zero-order chi connectivity index (χ0) is 17.1. The first-order valence-electron chi connectivity index (χ1n) is 7.69. The topological polar surface area (TPSA) is 79.4 Å². The molecular formula is C15H16FN3O3S2. The van der Waals surface area contributed by atoms with Gasteiger partial charge in [-0.3, -0.25) is 4.79 Å². The van der Waals surface area contributed by atoms with Crippen LogP contribution < -0.4 is 9.62 Å². The number of carbonyl (C=O) groups is 1. The van der Waals surface area contributed by atoms with Gasteiger partial charge in [-0.1, -0.05) is 11.3 Å². The lowest BCUT2D eigenvalue weighted by Crippen LogP contribution is -2.31. The Morgan fingerprint density at radius 1 is 1.42 bits per heavy atom. The number of thiazole rings is 1. The van der Waals surface area contributed by atoms with Gasteiger partial charge in [0.05, 0.1) is 11.0 Å². The van der Waals surface area contributed by atoms with Crippen LogP contribution >= 0.6 is 11.3 Å². The maximum absolute atomic E-state index is 14.3. The summed E-state index contributed by atoms with van der Waals surface area (Å²) in [5, 5.41) is 0.775. The Balaban J connectivity index is 1.69. The molecule has 1 saturated heterocycles. The van der Waals surface area contributed by atoms with E-state index in [-0.39, 0.29) is 11.1 Å². The number of benzene rings is 1. The summed E-state index contributed by atoms with van der Waals surface area (Å²) in [6.07, 6.45) is 4.44. The van der Waals surface area contributed by atoms with Gasteiger partial charge in [0.2, 0.25) is 10.0 Å². The van der Waals surface area contributed by atoms with E-state index in [0.29, 0.717) is 16.7 Å². The van der Waals surface area contributed by atoms with E-state index in [1.807, 2.05) is 4.72 Å². The standard InChI is InChI=1S/C15H16FN3O3S2/c1-24(21,22)18-14(20)9-5-11(16)13-12(6-9)23-15(17-13)19-7-8-2-3-10(19)4-8/h5-6,8,10H,2-4,7H2,1H3,(H,18,20)/t8-,10-/m0/s1. The van der Waals surface area contributed by atoms with E-state index in [9.17, 15) is 17.6 Å². The van der Waals surface area contributed by atoms with Crippen LogP contribution in [0.2, 0.25) is 0 Å². The predicted octanol–water partition coefficient (Wildman–Crippen LogP) is 2.11. The number of anilines is 1.